The molecule has 0 N–H and O–H groups in total. The Labute approximate surface area is 202 Å². The molecule has 0 aromatic heterocycles. The van der Waals surface area contributed by atoms with E-state index in [4.69, 9.17) is 0 Å². The highest BCUT2D eigenvalue weighted by Gasteiger charge is 2.52. The van der Waals surface area contributed by atoms with E-state index in [9.17, 15) is 0 Å². The molecule has 0 unspecified atom stereocenters. The van der Waals surface area contributed by atoms with Crippen LogP contribution in [0.15, 0.2) is 70.8 Å². The molecule has 2 heteroatoms. The highest BCUT2D eigenvalue weighted by atomic mass is 15.2. The zero-order valence-electron chi connectivity index (χ0n) is 21.9. The normalized spacial score (nSPS) is 20.2. The predicted molar refractivity (Wildman–Crippen MR) is 146 cm³/mol. The van der Waals surface area contributed by atoms with Gasteiger partial charge in [0.05, 0.1) is 0 Å². The summed E-state index contributed by atoms with van der Waals surface area (Å²) in [6.45, 7) is 17.7. The third kappa shape index (κ3) is 6.16. The minimum Gasteiger partial charge on any atom is -0.370 e. The van der Waals surface area contributed by atoms with Crippen molar-refractivity contribution < 1.29 is 0 Å². The average Bonchev–Trinajstić information content (AvgIpc) is 2.74. The van der Waals surface area contributed by atoms with E-state index in [0.717, 1.165) is 18.1 Å². The minimum atomic E-state index is 0.541. The van der Waals surface area contributed by atoms with E-state index in [2.05, 4.69) is 93.6 Å². The maximum atomic E-state index is 4.42. The lowest BCUT2D eigenvalue weighted by Crippen LogP contribution is -2.61. The van der Waals surface area contributed by atoms with Crippen LogP contribution < -0.4 is 0 Å². The highest BCUT2D eigenvalue weighted by Crippen LogP contribution is 2.55. The lowest BCUT2D eigenvalue weighted by molar-refractivity contribution is -0.0531. The summed E-state index contributed by atoms with van der Waals surface area (Å²) >= 11 is 0. The smallest absolute Gasteiger partial charge is 0.0369 e. The van der Waals surface area contributed by atoms with E-state index in [-0.39, 0.29) is 0 Å². The van der Waals surface area contributed by atoms with Gasteiger partial charge in [0.25, 0.3) is 0 Å². The van der Waals surface area contributed by atoms with Crippen LogP contribution in [0.5, 0.6) is 0 Å². The standard InChI is InChI=1S/C23H32N2.C8H12/c1-6-9-20-10-7-8-11-22(20)19(4)25-15-23(16-25)13-21(14-23)17(2)12-18(3)24-5;1-7-5-3-4-6-8(7)2/h7-8,10-12,21H,4,6,9,13-16H2,1-3,5H3;5-6H,3-4H2,1-2H3/b17-12+,24-18?;. The molecule has 2 aliphatic carbocycles. The summed E-state index contributed by atoms with van der Waals surface area (Å²) in [6, 6.07) is 8.78. The van der Waals surface area contributed by atoms with Crippen molar-refractivity contribution in [3.8, 4) is 0 Å². The van der Waals surface area contributed by atoms with E-state index in [1.54, 1.807) is 0 Å². The number of hydrogen-bond donors (Lipinski definition) is 0. The van der Waals surface area contributed by atoms with Crippen molar-refractivity contribution in [3.05, 3.63) is 76.9 Å². The van der Waals surface area contributed by atoms with E-state index in [0.29, 0.717) is 5.41 Å². The van der Waals surface area contributed by atoms with E-state index >= 15 is 0 Å². The number of nitrogens with zero attached hydrogens (tertiary/aromatic N) is 2. The molecular weight excluding hydrogens is 400 g/mol. The van der Waals surface area contributed by atoms with Gasteiger partial charge < -0.3 is 4.90 Å². The van der Waals surface area contributed by atoms with Gasteiger partial charge in [-0.15, -0.1) is 0 Å². The lowest BCUT2D eigenvalue weighted by Gasteiger charge is -2.61. The molecule has 33 heavy (non-hydrogen) atoms. The number of aliphatic imine (C=N–C) groups is 1. The molecular formula is C31H44N2. The largest absolute Gasteiger partial charge is 0.370 e. The first-order valence-corrected chi connectivity index (χ1v) is 12.8. The van der Waals surface area contributed by atoms with Crippen molar-refractivity contribution in [2.75, 3.05) is 20.1 Å². The summed E-state index contributed by atoms with van der Waals surface area (Å²) in [4.78, 5) is 6.74. The van der Waals surface area contributed by atoms with Gasteiger partial charge in [-0.2, -0.15) is 0 Å². The van der Waals surface area contributed by atoms with E-state index in [1.807, 2.05) is 7.05 Å². The molecule has 2 fully saturated rings. The minimum absolute atomic E-state index is 0.541. The summed E-state index contributed by atoms with van der Waals surface area (Å²) in [5.74, 6) is 0.750. The van der Waals surface area contributed by atoms with Crippen LogP contribution in [0.2, 0.25) is 0 Å². The molecule has 1 spiro atoms. The Morgan fingerprint density at radius 3 is 2.24 bits per heavy atom. The molecule has 1 heterocycles. The Morgan fingerprint density at radius 1 is 1.09 bits per heavy atom. The highest BCUT2D eigenvalue weighted by molar-refractivity contribution is 5.93. The molecule has 1 saturated heterocycles. The van der Waals surface area contributed by atoms with Crippen LogP contribution in [-0.2, 0) is 6.42 Å². The van der Waals surface area contributed by atoms with Gasteiger partial charge in [0.15, 0.2) is 0 Å². The predicted octanol–water partition coefficient (Wildman–Crippen LogP) is 8.03. The van der Waals surface area contributed by atoms with Gasteiger partial charge in [-0.25, -0.2) is 0 Å². The maximum absolute atomic E-state index is 4.42. The second-order valence-corrected chi connectivity index (χ2v) is 10.4. The molecule has 1 saturated carbocycles. The fourth-order valence-corrected chi connectivity index (χ4v) is 5.41. The summed E-state index contributed by atoms with van der Waals surface area (Å²) in [6.07, 6.45) is 14.3. The van der Waals surface area contributed by atoms with Crippen LogP contribution in [0.4, 0.5) is 0 Å². The zero-order valence-corrected chi connectivity index (χ0v) is 21.9. The molecule has 3 aliphatic rings. The molecule has 178 valence electrons. The summed E-state index contributed by atoms with van der Waals surface area (Å²) in [5, 5.41) is 0. The molecule has 2 nitrogen and oxygen atoms in total. The van der Waals surface area contributed by atoms with Crippen molar-refractivity contribution in [2.45, 2.75) is 73.1 Å². The number of aryl methyl sites for hydroxylation is 1. The van der Waals surface area contributed by atoms with Crippen LogP contribution in [-0.4, -0.2) is 30.7 Å². The van der Waals surface area contributed by atoms with Crippen LogP contribution in [0, 0.1) is 11.3 Å². The molecule has 1 aliphatic heterocycles. The average molecular weight is 445 g/mol. The second kappa shape index (κ2) is 11.2. The van der Waals surface area contributed by atoms with Crippen LogP contribution in [0.3, 0.4) is 0 Å². The zero-order chi connectivity index (χ0) is 24.0. The Balaban J connectivity index is 0.000000323. The summed E-state index contributed by atoms with van der Waals surface area (Å²) in [7, 11) is 1.87. The van der Waals surface area contributed by atoms with Crippen molar-refractivity contribution >= 4 is 11.4 Å². The van der Waals surface area contributed by atoms with Crippen LogP contribution in [0.25, 0.3) is 5.70 Å². The van der Waals surface area contributed by atoms with Crippen molar-refractivity contribution in [1.29, 1.82) is 0 Å². The van der Waals surface area contributed by atoms with Crippen molar-refractivity contribution in [1.82, 2.24) is 4.90 Å². The fourth-order valence-electron chi connectivity index (χ4n) is 5.41. The topological polar surface area (TPSA) is 15.6 Å². The Bertz CT molecular complexity index is 940. The Kier molecular flexibility index (Phi) is 8.57. The van der Waals surface area contributed by atoms with Gasteiger partial charge in [-0.05, 0) is 77.4 Å². The summed E-state index contributed by atoms with van der Waals surface area (Å²) in [5.41, 5.74) is 10.1. The molecule has 4 rings (SSSR count). The second-order valence-electron chi connectivity index (χ2n) is 10.4. The number of likely N-dealkylation sites (tertiary alicyclic amines) is 1. The lowest BCUT2D eigenvalue weighted by atomic mass is 9.56. The van der Waals surface area contributed by atoms with Gasteiger partial charge >= 0.3 is 0 Å². The van der Waals surface area contributed by atoms with Crippen LogP contribution >= 0.6 is 0 Å². The summed E-state index contributed by atoms with van der Waals surface area (Å²) < 4.78 is 0. The van der Waals surface area contributed by atoms with E-state index < -0.39 is 0 Å². The van der Waals surface area contributed by atoms with Gasteiger partial charge in [0.1, 0.15) is 0 Å². The number of rotatable bonds is 6. The van der Waals surface area contributed by atoms with Crippen molar-refractivity contribution in [2.24, 2.45) is 16.3 Å². The van der Waals surface area contributed by atoms with Crippen LogP contribution in [0.1, 0.15) is 77.8 Å². The third-order valence-corrected chi connectivity index (χ3v) is 7.76. The molecule has 0 bridgehead atoms. The monoisotopic (exact) mass is 444 g/mol. The Morgan fingerprint density at radius 2 is 1.70 bits per heavy atom. The van der Waals surface area contributed by atoms with Gasteiger partial charge in [0, 0.05) is 42.5 Å². The quantitative estimate of drug-likeness (QED) is 0.405. The number of benzene rings is 1. The number of allylic oxidation sites excluding steroid dienone is 6. The first kappa shape index (κ1) is 25.3. The van der Waals surface area contributed by atoms with E-state index in [1.165, 1.54) is 78.7 Å². The first-order chi connectivity index (χ1) is 15.8. The van der Waals surface area contributed by atoms with Gasteiger partial charge in [-0.3, -0.25) is 4.99 Å². The van der Waals surface area contributed by atoms with Gasteiger partial charge in [-0.1, -0.05) is 73.1 Å². The maximum Gasteiger partial charge on any atom is 0.0369 e. The number of hydrogen-bond acceptors (Lipinski definition) is 2. The molecule has 0 amide bonds. The molecule has 1 aromatic rings. The SMILES string of the molecule is C=C(c1ccccc1CCC)N1CC2(CC(/C(C)=C/C(C)=NC)C2)C1.CC1=CCCC=C1C. The molecule has 0 radical (unpaired) electrons. The van der Waals surface area contributed by atoms with Gasteiger partial charge in [0.2, 0.25) is 0 Å². The third-order valence-electron chi connectivity index (χ3n) is 7.76. The fraction of sp³-hybridized carbons (Fsp3) is 0.516. The first-order valence-electron chi connectivity index (χ1n) is 12.8. The molecule has 1 aromatic carbocycles. The Hall–Kier alpha value is -2.35. The van der Waals surface area contributed by atoms with Crippen molar-refractivity contribution in [3.63, 3.8) is 0 Å². The molecule has 0 atom stereocenters.